The van der Waals surface area contributed by atoms with Crippen molar-refractivity contribution in [2.45, 2.75) is 13.0 Å². The maximum atomic E-state index is 5.97. The third-order valence-electron chi connectivity index (χ3n) is 2.41. The molecule has 90 valence electrons. The monoisotopic (exact) mass is 243 g/mol. The summed E-state index contributed by atoms with van der Waals surface area (Å²) < 4.78 is 10.3. The largest absolute Gasteiger partial charge is 0.496 e. The van der Waals surface area contributed by atoms with Gasteiger partial charge in [-0.15, -0.1) is 0 Å². The van der Waals surface area contributed by atoms with Gasteiger partial charge in [-0.2, -0.15) is 0 Å². The highest BCUT2D eigenvalue weighted by Gasteiger charge is 2.11. The molecular formula is C12H18ClNO2. The van der Waals surface area contributed by atoms with E-state index in [0.29, 0.717) is 6.61 Å². The lowest BCUT2D eigenvalue weighted by atomic mass is 10.1. The van der Waals surface area contributed by atoms with Gasteiger partial charge < -0.3 is 14.8 Å². The first-order valence-corrected chi connectivity index (χ1v) is 5.62. The Balaban J connectivity index is 2.72. The zero-order chi connectivity index (χ0) is 12.0. The van der Waals surface area contributed by atoms with Crippen molar-refractivity contribution in [2.75, 3.05) is 27.4 Å². The molecule has 0 aliphatic carbocycles. The predicted molar refractivity (Wildman–Crippen MR) is 66.3 cm³/mol. The van der Waals surface area contributed by atoms with Gasteiger partial charge in [0.2, 0.25) is 0 Å². The molecule has 0 heterocycles. The first-order chi connectivity index (χ1) is 7.69. The molecule has 1 rings (SSSR count). The molecule has 0 spiro atoms. The van der Waals surface area contributed by atoms with Crippen LogP contribution in [0.3, 0.4) is 0 Å². The topological polar surface area (TPSA) is 30.5 Å². The summed E-state index contributed by atoms with van der Waals surface area (Å²) >= 11 is 5.97. The predicted octanol–water partition coefficient (Wildman–Crippen LogP) is 2.65. The first-order valence-electron chi connectivity index (χ1n) is 5.24. The summed E-state index contributed by atoms with van der Waals surface area (Å²) in [7, 11) is 3.35. The minimum absolute atomic E-state index is 0.184. The Bertz CT molecular complexity index is 331. The van der Waals surface area contributed by atoms with Gasteiger partial charge in [-0.1, -0.05) is 11.6 Å². The Morgan fingerprint density at radius 3 is 2.75 bits per heavy atom. The van der Waals surface area contributed by atoms with Crippen molar-refractivity contribution in [3.63, 3.8) is 0 Å². The Morgan fingerprint density at radius 1 is 1.38 bits per heavy atom. The number of methoxy groups -OCH3 is 2. The van der Waals surface area contributed by atoms with Crippen LogP contribution in [0.2, 0.25) is 5.02 Å². The van der Waals surface area contributed by atoms with Crippen LogP contribution >= 0.6 is 11.6 Å². The van der Waals surface area contributed by atoms with E-state index in [1.165, 1.54) is 0 Å². The maximum absolute atomic E-state index is 5.97. The van der Waals surface area contributed by atoms with E-state index < -0.39 is 0 Å². The molecule has 0 aliphatic heterocycles. The molecule has 0 fully saturated rings. The van der Waals surface area contributed by atoms with Crippen LogP contribution < -0.4 is 10.1 Å². The molecular weight excluding hydrogens is 226 g/mol. The quantitative estimate of drug-likeness (QED) is 0.780. The van der Waals surface area contributed by atoms with E-state index in [1.54, 1.807) is 14.2 Å². The lowest BCUT2D eigenvalue weighted by Crippen LogP contribution is -2.23. The van der Waals surface area contributed by atoms with Gasteiger partial charge in [0.15, 0.2) is 0 Å². The third kappa shape index (κ3) is 3.67. The molecule has 16 heavy (non-hydrogen) atoms. The van der Waals surface area contributed by atoms with Crippen molar-refractivity contribution in [1.82, 2.24) is 5.32 Å². The summed E-state index contributed by atoms with van der Waals surface area (Å²) in [4.78, 5) is 0. The molecule has 0 bridgehead atoms. The van der Waals surface area contributed by atoms with Crippen molar-refractivity contribution in [2.24, 2.45) is 0 Å². The van der Waals surface area contributed by atoms with Crippen LogP contribution in [-0.4, -0.2) is 27.4 Å². The summed E-state index contributed by atoms with van der Waals surface area (Å²) in [5.74, 6) is 0.849. The van der Waals surface area contributed by atoms with Gasteiger partial charge in [-0.3, -0.25) is 0 Å². The molecule has 1 atom stereocenters. The van der Waals surface area contributed by atoms with Gasteiger partial charge in [-0.25, -0.2) is 0 Å². The molecule has 3 nitrogen and oxygen atoms in total. The zero-order valence-corrected chi connectivity index (χ0v) is 10.7. The van der Waals surface area contributed by atoms with Crippen LogP contribution in [0.15, 0.2) is 18.2 Å². The number of ether oxygens (including phenoxy) is 2. The summed E-state index contributed by atoms with van der Waals surface area (Å²) in [6.07, 6.45) is 0. The second-order valence-electron chi connectivity index (χ2n) is 3.55. The Morgan fingerprint density at radius 2 is 2.12 bits per heavy atom. The molecule has 0 amide bonds. The summed E-state index contributed by atoms with van der Waals surface area (Å²) in [6.45, 7) is 3.56. The van der Waals surface area contributed by atoms with Crippen LogP contribution in [0, 0.1) is 0 Å². The SMILES string of the molecule is COCCNC(C)c1cc(Cl)ccc1OC. The van der Waals surface area contributed by atoms with E-state index in [2.05, 4.69) is 12.2 Å². The minimum atomic E-state index is 0.184. The van der Waals surface area contributed by atoms with Crippen molar-refractivity contribution in [3.05, 3.63) is 28.8 Å². The summed E-state index contributed by atoms with van der Waals surface area (Å²) in [5, 5.41) is 4.06. The van der Waals surface area contributed by atoms with Crippen LogP contribution in [0.25, 0.3) is 0 Å². The van der Waals surface area contributed by atoms with Crippen LogP contribution in [0.4, 0.5) is 0 Å². The Labute approximate surface area is 102 Å². The molecule has 0 saturated heterocycles. The number of halogens is 1. The highest BCUT2D eigenvalue weighted by Crippen LogP contribution is 2.27. The summed E-state index contributed by atoms with van der Waals surface area (Å²) in [5.41, 5.74) is 1.06. The fourth-order valence-corrected chi connectivity index (χ4v) is 1.71. The van der Waals surface area contributed by atoms with Crippen molar-refractivity contribution in [3.8, 4) is 5.75 Å². The average molecular weight is 244 g/mol. The van der Waals surface area contributed by atoms with Crippen LogP contribution in [-0.2, 0) is 4.74 Å². The molecule has 0 saturated carbocycles. The number of rotatable bonds is 6. The van der Waals surface area contributed by atoms with Gasteiger partial charge in [0.25, 0.3) is 0 Å². The fourth-order valence-electron chi connectivity index (χ4n) is 1.53. The lowest BCUT2D eigenvalue weighted by Gasteiger charge is -2.17. The van der Waals surface area contributed by atoms with E-state index in [0.717, 1.165) is 22.9 Å². The van der Waals surface area contributed by atoms with Gasteiger partial charge in [0.1, 0.15) is 5.75 Å². The normalized spacial score (nSPS) is 12.5. The van der Waals surface area contributed by atoms with E-state index in [1.807, 2.05) is 18.2 Å². The molecule has 1 unspecified atom stereocenters. The van der Waals surface area contributed by atoms with Crippen molar-refractivity contribution in [1.29, 1.82) is 0 Å². The standard InChI is InChI=1S/C12H18ClNO2/c1-9(14-6-7-15-2)11-8-10(13)4-5-12(11)16-3/h4-5,8-9,14H,6-7H2,1-3H3. The highest BCUT2D eigenvalue weighted by molar-refractivity contribution is 6.30. The van der Waals surface area contributed by atoms with Gasteiger partial charge in [0, 0.05) is 30.3 Å². The molecule has 4 heteroatoms. The highest BCUT2D eigenvalue weighted by atomic mass is 35.5. The third-order valence-corrected chi connectivity index (χ3v) is 2.65. The second kappa shape index (κ2) is 6.74. The first kappa shape index (κ1) is 13.3. The second-order valence-corrected chi connectivity index (χ2v) is 3.99. The maximum Gasteiger partial charge on any atom is 0.123 e. The number of hydrogen-bond acceptors (Lipinski definition) is 3. The molecule has 0 aliphatic rings. The number of nitrogens with one attached hydrogen (secondary N) is 1. The van der Waals surface area contributed by atoms with E-state index in [-0.39, 0.29) is 6.04 Å². The van der Waals surface area contributed by atoms with Gasteiger partial charge in [0.05, 0.1) is 13.7 Å². The number of hydrogen-bond donors (Lipinski definition) is 1. The van der Waals surface area contributed by atoms with E-state index in [4.69, 9.17) is 21.1 Å². The van der Waals surface area contributed by atoms with E-state index in [9.17, 15) is 0 Å². The molecule has 1 N–H and O–H groups in total. The van der Waals surface area contributed by atoms with Crippen molar-refractivity contribution >= 4 is 11.6 Å². The van der Waals surface area contributed by atoms with Crippen molar-refractivity contribution < 1.29 is 9.47 Å². The molecule has 1 aromatic rings. The summed E-state index contributed by atoms with van der Waals surface area (Å²) in [6, 6.07) is 5.81. The van der Waals surface area contributed by atoms with Crippen LogP contribution in [0.1, 0.15) is 18.5 Å². The fraction of sp³-hybridized carbons (Fsp3) is 0.500. The van der Waals surface area contributed by atoms with Gasteiger partial charge in [-0.05, 0) is 25.1 Å². The minimum Gasteiger partial charge on any atom is -0.496 e. The lowest BCUT2D eigenvalue weighted by molar-refractivity contribution is 0.196. The Hall–Kier alpha value is -0.770. The zero-order valence-electron chi connectivity index (χ0n) is 9.92. The molecule has 1 aromatic carbocycles. The molecule has 0 aromatic heterocycles. The van der Waals surface area contributed by atoms with E-state index >= 15 is 0 Å². The Kier molecular flexibility index (Phi) is 5.60. The molecule has 0 radical (unpaired) electrons. The van der Waals surface area contributed by atoms with Gasteiger partial charge >= 0.3 is 0 Å². The number of benzene rings is 1. The smallest absolute Gasteiger partial charge is 0.123 e. The van der Waals surface area contributed by atoms with Crippen LogP contribution in [0.5, 0.6) is 5.75 Å². The average Bonchev–Trinajstić information content (AvgIpc) is 2.29.